The van der Waals surface area contributed by atoms with Crippen LogP contribution in [0.2, 0.25) is 0 Å². The maximum atomic E-state index is 12.0. The molecule has 23 heavy (non-hydrogen) atoms. The van der Waals surface area contributed by atoms with E-state index in [2.05, 4.69) is 0 Å². The number of rotatable bonds is 6. The standard InChI is InChI=1S/C16H20O7/c1-4-20-14(17)12-13(15(18)21-5-2)23-16(22-12)10-6-8-11(19-3)9-7-10/h6-9,12-13,16H,4-5H2,1-3H3. The first-order valence-electron chi connectivity index (χ1n) is 7.38. The van der Waals surface area contributed by atoms with Gasteiger partial charge in [-0.15, -0.1) is 0 Å². The molecule has 1 aromatic rings. The van der Waals surface area contributed by atoms with Gasteiger partial charge in [0.25, 0.3) is 0 Å². The molecule has 0 saturated carbocycles. The van der Waals surface area contributed by atoms with E-state index in [0.29, 0.717) is 11.3 Å². The highest BCUT2D eigenvalue weighted by Gasteiger charge is 2.47. The predicted molar refractivity (Wildman–Crippen MR) is 78.7 cm³/mol. The fourth-order valence-corrected chi connectivity index (χ4v) is 2.17. The number of ether oxygens (including phenoxy) is 5. The Bertz CT molecular complexity index is 514. The van der Waals surface area contributed by atoms with Crippen molar-refractivity contribution in [2.24, 2.45) is 0 Å². The van der Waals surface area contributed by atoms with E-state index in [1.807, 2.05) is 0 Å². The summed E-state index contributed by atoms with van der Waals surface area (Å²) < 4.78 is 26.1. The number of carbonyl (C=O) groups is 2. The van der Waals surface area contributed by atoms with E-state index in [-0.39, 0.29) is 13.2 Å². The topological polar surface area (TPSA) is 80.3 Å². The largest absolute Gasteiger partial charge is 0.497 e. The molecule has 0 amide bonds. The normalized spacial score (nSPS) is 23.3. The Balaban J connectivity index is 2.17. The van der Waals surface area contributed by atoms with Crippen molar-refractivity contribution in [3.05, 3.63) is 29.8 Å². The van der Waals surface area contributed by atoms with Crippen LogP contribution < -0.4 is 4.74 Å². The fraction of sp³-hybridized carbons (Fsp3) is 0.500. The van der Waals surface area contributed by atoms with Gasteiger partial charge in [-0.25, -0.2) is 9.59 Å². The number of methoxy groups -OCH3 is 1. The minimum Gasteiger partial charge on any atom is -0.497 e. The van der Waals surface area contributed by atoms with E-state index in [9.17, 15) is 9.59 Å². The molecule has 0 aliphatic carbocycles. The lowest BCUT2D eigenvalue weighted by Crippen LogP contribution is -2.39. The number of hydrogen-bond acceptors (Lipinski definition) is 7. The van der Waals surface area contributed by atoms with Gasteiger partial charge < -0.3 is 23.7 Å². The molecule has 1 saturated heterocycles. The third kappa shape index (κ3) is 4.00. The molecule has 1 aliphatic rings. The van der Waals surface area contributed by atoms with Crippen LogP contribution in [0, 0.1) is 0 Å². The van der Waals surface area contributed by atoms with Crippen LogP contribution in [0.1, 0.15) is 25.7 Å². The summed E-state index contributed by atoms with van der Waals surface area (Å²) in [5, 5.41) is 0. The molecule has 7 heteroatoms. The monoisotopic (exact) mass is 324 g/mol. The van der Waals surface area contributed by atoms with Gasteiger partial charge in [-0.3, -0.25) is 0 Å². The number of hydrogen-bond donors (Lipinski definition) is 0. The second-order valence-corrected chi connectivity index (χ2v) is 4.72. The van der Waals surface area contributed by atoms with Crippen molar-refractivity contribution < 1.29 is 33.3 Å². The molecule has 1 aromatic carbocycles. The van der Waals surface area contributed by atoms with Crippen molar-refractivity contribution in [2.75, 3.05) is 20.3 Å². The average Bonchev–Trinajstić information content (AvgIpc) is 3.01. The van der Waals surface area contributed by atoms with Gasteiger partial charge in [0.1, 0.15) is 5.75 Å². The number of carbonyl (C=O) groups excluding carboxylic acids is 2. The van der Waals surface area contributed by atoms with Gasteiger partial charge >= 0.3 is 11.9 Å². The summed E-state index contributed by atoms with van der Waals surface area (Å²) >= 11 is 0. The van der Waals surface area contributed by atoms with E-state index >= 15 is 0 Å². The van der Waals surface area contributed by atoms with Gasteiger partial charge in [0.2, 0.25) is 0 Å². The molecule has 0 spiro atoms. The SMILES string of the molecule is CCOC(=O)C1OC(c2ccc(OC)cc2)OC1C(=O)OCC. The summed E-state index contributed by atoms with van der Waals surface area (Å²) in [5.41, 5.74) is 0.659. The highest BCUT2D eigenvalue weighted by Crippen LogP contribution is 2.33. The second kappa shape index (κ2) is 7.94. The van der Waals surface area contributed by atoms with Crippen molar-refractivity contribution in [2.45, 2.75) is 32.3 Å². The van der Waals surface area contributed by atoms with Gasteiger partial charge in [0, 0.05) is 5.56 Å². The first kappa shape index (κ1) is 17.2. The van der Waals surface area contributed by atoms with Gasteiger partial charge in [-0.1, -0.05) is 12.1 Å². The molecule has 1 heterocycles. The maximum Gasteiger partial charge on any atom is 0.338 e. The lowest BCUT2D eigenvalue weighted by molar-refractivity contribution is -0.163. The summed E-state index contributed by atoms with van der Waals surface area (Å²) in [4.78, 5) is 24.0. The van der Waals surface area contributed by atoms with Crippen molar-refractivity contribution >= 4 is 11.9 Å². The lowest BCUT2D eigenvalue weighted by Gasteiger charge is -2.13. The average molecular weight is 324 g/mol. The molecular weight excluding hydrogens is 304 g/mol. The fourth-order valence-electron chi connectivity index (χ4n) is 2.17. The quantitative estimate of drug-likeness (QED) is 0.735. The summed E-state index contributed by atoms with van der Waals surface area (Å²) in [6.45, 7) is 3.71. The van der Waals surface area contributed by atoms with Crippen LogP contribution >= 0.6 is 0 Å². The Morgan fingerprint density at radius 2 is 1.43 bits per heavy atom. The maximum absolute atomic E-state index is 12.0. The van der Waals surface area contributed by atoms with E-state index in [1.54, 1.807) is 45.2 Å². The number of esters is 2. The van der Waals surface area contributed by atoms with Crippen LogP contribution in [0.25, 0.3) is 0 Å². The zero-order chi connectivity index (χ0) is 16.8. The van der Waals surface area contributed by atoms with E-state index in [1.165, 1.54) is 0 Å². The molecule has 7 nitrogen and oxygen atoms in total. The minimum absolute atomic E-state index is 0.182. The van der Waals surface area contributed by atoms with Crippen molar-refractivity contribution in [1.29, 1.82) is 0 Å². The zero-order valence-electron chi connectivity index (χ0n) is 13.3. The van der Waals surface area contributed by atoms with Crippen LogP contribution in [0.15, 0.2) is 24.3 Å². The van der Waals surface area contributed by atoms with Crippen molar-refractivity contribution in [1.82, 2.24) is 0 Å². The van der Waals surface area contributed by atoms with Crippen molar-refractivity contribution in [3.8, 4) is 5.75 Å². The van der Waals surface area contributed by atoms with Crippen molar-refractivity contribution in [3.63, 3.8) is 0 Å². The first-order chi connectivity index (χ1) is 11.1. The van der Waals surface area contributed by atoms with Crippen LogP contribution in [0.3, 0.4) is 0 Å². The zero-order valence-corrected chi connectivity index (χ0v) is 13.3. The Hall–Kier alpha value is -2.12. The molecule has 2 unspecified atom stereocenters. The second-order valence-electron chi connectivity index (χ2n) is 4.72. The molecule has 1 fully saturated rings. The van der Waals surface area contributed by atoms with Crippen LogP contribution in [0.4, 0.5) is 0 Å². The molecule has 0 bridgehead atoms. The molecule has 2 rings (SSSR count). The third-order valence-corrected chi connectivity index (χ3v) is 3.24. The summed E-state index contributed by atoms with van der Waals surface area (Å²) in [7, 11) is 1.56. The predicted octanol–water partition coefficient (Wildman–Crippen LogP) is 1.60. The summed E-state index contributed by atoms with van der Waals surface area (Å²) in [6, 6.07) is 6.94. The summed E-state index contributed by atoms with van der Waals surface area (Å²) in [5.74, 6) is -0.626. The van der Waals surface area contributed by atoms with Gasteiger partial charge in [-0.2, -0.15) is 0 Å². The van der Waals surface area contributed by atoms with Crippen LogP contribution in [0.5, 0.6) is 5.75 Å². The summed E-state index contributed by atoms with van der Waals surface area (Å²) in [6.07, 6.45) is -3.16. The third-order valence-electron chi connectivity index (χ3n) is 3.24. The minimum atomic E-state index is -1.15. The van der Waals surface area contributed by atoms with Gasteiger partial charge in [0.05, 0.1) is 20.3 Å². The Morgan fingerprint density at radius 3 is 1.83 bits per heavy atom. The van der Waals surface area contributed by atoms with Gasteiger partial charge in [-0.05, 0) is 26.0 Å². The molecule has 1 aliphatic heterocycles. The van der Waals surface area contributed by atoms with Crippen LogP contribution in [-0.2, 0) is 28.5 Å². The van der Waals surface area contributed by atoms with E-state index < -0.39 is 30.4 Å². The highest BCUT2D eigenvalue weighted by molar-refractivity contribution is 5.86. The Kier molecular flexibility index (Phi) is 5.95. The smallest absolute Gasteiger partial charge is 0.338 e. The first-order valence-corrected chi connectivity index (χ1v) is 7.38. The van der Waals surface area contributed by atoms with Gasteiger partial charge in [0.15, 0.2) is 18.5 Å². The molecule has 0 N–H and O–H groups in total. The molecular formula is C16H20O7. The Labute approximate surface area is 134 Å². The number of benzene rings is 1. The van der Waals surface area contributed by atoms with E-state index in [0.717, 1.165) is 0 Å². The van der Waals surface area contributed by atoms with Crippen LogP contribution in [-0.4, -0.2) is 44.5 Å². The molecule has 0 radical (unpaired) electrons. The molecule has 2 atom stereocenters. The highest BCUT2D eigenvalue weighted by atomic mass is 16.8. The molecule has 126 valence electrons. The van der Waals surface area contributed by atoms with E-state index in [4.69, 9.17) is 23.7 Å². The lowest BCUT2D eigenvalue weighted by atomic mass is 10.2. The Morgan fingerprint density at radius 1 is 0.957 bits per heavy atom. The molecule has 0 aromatic heterocycles.